The first kappa shape index (κ1) is 16.1. The molecule has 20 heavy (non-hydrogen) atoms. The summed E-state index contributed by atoms with van der Waals surface area (Å²) in [5, 5.41) is 14.5. The molecule has 0 atom stereocenters. The fourth-order valence-corrected chi connectivity index (χ4v) is 1.90. The number of aryl methyl sites for hydroxylation is 1. The van der Waals surface area contributed by atoms with Gasteiger partial charge in [0.15, 0.2) is 11.4 Å². The van der Waals surface area contributed by atoms with Crippen molar-refractivity contribution in [1.29, 1.82) is 5.26 Å². The molecule has 5 nitrogen and oxygen atoms in total. The van der Waals surface area contributed by atoms with Crippen LogP contribution in [0.25, 0.3) is 0 Å². The summed E-state index contributed by atoms with van der Waals surface area (Å²) in [6.07, 6.45) is 4.94. The molecule has 0 radical (unpaired) electrons. The number of amides is 1. The number of amidine groups is 1. The molecule has 6 heteroatoms. The Morgan fingerprint density at radius 3 is 2.85 bits per heavy atom. The van der Waals surface area contributed by atoms with Gasteiger partial charge in [0.1, 0.15) is 0 Å². The van der Waals surface area contributed by atoms with Crippen LogP contribution in [0.2, 0.25) is 0 Å². The molecule has 0 aliphatic rings. The van der Waals surface area contributed by atoms with Crippen LogP contribution in [0.3, 0.4) is 0 Å². The number of hydrogen-bond acceptors (Lipinski definition) is 4. The lowest BCUT2D eigenvalue weighted by Gasteiger charge is -2.09. The van der Waals surface area contributed by atoms with Crippen molar-refractivity contribution in [2.45, 2.75) is 26.7 Å². The summed E-state index contributed by atoms with van der Waals surface area (Å²) in [4.78, 5) is 16.1. The fraction of sp³-hybridized carbons (Fsp3) is 0.357. The third-order valence-electron chi connectivity index (χ3n) is 2.48. The second-order valence-corrected chi connectivity index (χ2v) is 4.97. The Hall–Kier alpha value is -2.00. The normalized spacial score (nSPS) is 10.8. The van der Waals surface area contributed by atoms with E-state index in [-0.39, 0.29) is 5.91 Å². The molecular formula is C14H18N4OS. The van der Waals surface area contributed by atoms with E-state index in [1.165, 1.54) is 11.8 Å². The molecule has 1 rings (SSSR count). The van der Waals surface area contributed by atoms with E-state index in [0.29, 0.717) is 23.0 Å². The van der Waals surface area contributed by atoms with Gasteiger partial charge in [0.2, 0.25) is 5.91 Å². The number of aliphatic imine (C=N–C) groups is 1. The number of hydrogen-bond donors (Lipinski definition) is 2. The maximum absolute atomic E-state index is 11.7. The number of carbonyl (C=O) groups excluding carboxylic acids is 1. The van der Waals surface area contributed by atoms with Crippen LogP contribution in [0.5, 0.6) is 0 Å². The topological polar surface area (TPSA) is 77.3 Å². The molecule has 0 saturated heterocycles. The van der Waals surface area contributed by atoms with Gasteiger partial charge in [0.05, 0.1) is 11.4 Å². The highest BCUT2D eigenvalue weighted by molar-refractivity contribution is 8.13. The van der Waals surface area contributed by atoms with E-state index >= 15 is 0 Å². The minimum atomic E-state index is -0.0354. The Morgan fingerprint density at radius 2 is 2.25 bits per heavy atom. The molecule has 0 spiro atoms. The molecule has 0 fully saturated rings. The average Bonchev–Trinajstić information content (AvgIpc) is 2.41. The number of benzene rings is 1. The SMILES string of the molecule is CCCC(=O)Nc1ccc(C)cc1N=C(NC#N)SC. The van der Waals surface area contributed by atoms with Gasteiger partial charge in [-0.1, -0.05) is 24.8 Å². The van der Waals surface area contributed by atoms with Gasteiger partial charge in [-0.3, -0.25) is 10.1 Å². The number of nitrogens with zero attached hydrogens (tertiary/aromatic N) is 2. The van der Waals surface area contributed by atoms with Crippen LogP contribution in [-0.4, -0.2) is 17.3 Å². The zero-order valence-electron chi connectivity index (χ0n) is 11.9. The molecule has 0 heterocycles. The molecule has 0 unspecified atom stereocenters. The van der Waals surface area contributed by atoms with Crippen molar-refractivity contribution in [2.75, 3.05) is 11.6 Å². The Kier molecular flexibility index (Phi) is 6.60. The van der Waals surface area contributed by atoms with Crippen LogP contribution in [0.1, 0.15) is 25.3 Å². The number of anilines is 1. The minimum Gasteiger partial charge on any atom is -0.324 e. The van der Waals surface area contributed by atoms with Gasteiger partial charge in [-0.05, 0) is 37.3 Å². The lowest BCUT2D eigenvalue weighted by Crippen LogP contribution is -2.14. The first-order valence-corrected chi connectivity index (χ1v) is 7.51. The number of nitriles is 1. The predicted molar refractivity (Wildman–Crippen MR) is 84.1 cm³/mol. The molecular weight excluding hydrogens is 272 g/mol. The predicted octanol–water partition coefficient (Wildman–Crippen LogP) is 3.15. The van der Waals surface area contributed by atoms with Crippen LogP contribution < -0.4 is 10.6 Å². The second kappa shape index (κ2) is 8.23. The Balaban J connectivity index is 3.07. The van der Waals surface area contributed by atoms with Gasteiger partial charge in [-0.2, -0.15) is 5.26 Å². The molecule has 1 amide bonds. The van der Waals surface area contributed by atoms with Crippen molar-refractivity contribution in [3.63, 3.8) is 0 Å². The van der Waals surface area contributed by atoms with Crippen molar-refractivity contribution in [2.24, 2.45) is 4.99 Å². The van der Waals surface area contributed by atoms with E-state index in [9.17, 15) is 4.79 Å². The molecule has 0 bridgehead atoms. The standard InChI is InChI=1S/C14H18N4OS/c1-4-5-13(19)17-11-7-6-10(2)8-12(11)18-14(20-3)16-9-15/h6-8H,4-5H2,1-3H3,(H,16,18)(H,17,19). The van der Waals surface area contributed by atoms with Gasteiger partial charge in [0, 0.05) is 6.42 Å². The van der Waals surface area contributed by atoms with Crippen molar-refractivity contribution < 1.29 is 4.79 Å². The smallest absolute Gasteiger partial charge is 0.224 e. The molecule has 1 aromatic rings. The van der Waals surface area contributed by atoms with Gasteiger partial charge >= 0.3 is 0 Å². The average molecular weight is 290 g/mol. The second-order valence-electron chi connectivity index (χ2n) is 4.18. The first-order chi connectivity index (χ1) is 9.60. The third kappa shape index (κ3) is 4.94. The summed E-state index contributed by atoms with van der Waals surface area (Å²) in [6, 6.07) is 5.61. The minimum absolute atomic E-state index is 0.0354. The first-order valence-electron chi connectivity index (χ1n) is 6.29. The monoisotopic (exact) mass is 290 g/mol. The van der Waals surface area contributed by atoms with Crippen LogP contribution >= 0.6 is 11.8 Å². The number of carbonyl (C=O) groups is 1. The maximum Gasteiger partial charge on any atom is 0.224 e. The number of nitrogens with one attached hydrogen (secondary N) is 2. The van der Waals surface area contributed by atoms with Crippen molar-refractivity contribution in [1.82, 2.24) is 5.32 Å². The summed E-state index contributed by atoms with van der Waals surface area (Å²) in [6.45, 7) is 3.91. The Bertz CT molecular complexity index is 549. The highest BCUT2D eigenvalue weighted by Gasteiger charge is 2.07. The molecule has 2 N–H and O–H groups in total. The summed E-state index contributed by atoms with van der Waals surface area (Å²) in [7, 11) is 0. The Labute approximate surface area is 123 Å². The van der Waals surface area contributed by atoms with Gasteiger partial charge in [-0.25, -0.2) is 4.99 Å². The zero-order chi connectivity index (χ0) is 15.0. The summed E-state index contributed by atoms with van der Waals surface area (Å²) < 4.78 is 0. The third-order valence-corrected chi connectivity index (χ3v) is 3.06. The quantitative estimate of drug-likeness (QED) is 0.386. The molecule has 0 aromatic heterocycles. The van der Waals surface area contributed by atoms with E-state index in [0.717, 1.165) is 12.0 Å². The molecule has 0 saturated carbocycles. The van der Waals surface area contributed by atoms with Gasteiger partial charge in [-0.15, -0.1) is 0 Å². The number of rotatable bonds is 4. The summed E-state index contributed by atoms with van der Waals surface area (Å²) in [5.74, 6) is -0.0354. The van der Waals surface area contributed by atoms with Crippen LogP contribution in [0, 0.1) is 18.4 Å². The summed E-state index contributed by atoms with van der Waals surface area (Å²) in [5.41, 5.74) is 2.33. The molecule has 106 valence electrons. The lowest BCUT2D eigenvalue weighted by molar-refractivity contribution is -0.116. The van der Waals surface area contributed by atoms with Crippen LogP contribution in [-0.2, 0) is 4.79 Å². The fourth-order valence-electron chi connectivity index (χ4n) is 1.56. The van der Waals surface area contributed by atoms with E-state index in [4.69, 9.17) is 5.26 Å². The van der Waals surface area contributed by atoms with E-state index < -0.39 is 0 Å². The highest BCUT2D eigenvalue weighted by Crippen LogP contribution is 2.27. The lowest BCUT2D eigenvalue weighted by atomic mass is 10.2. The zero-order valence-corrected chi connectivity index (χ0v) is 12.7. The van der Waals surface area contributed by atoms with E-state index in [2.05, 4.69) is 15.6 Å². The number of thioether (sulfide) groups is 1. The highest BCUT2D eigenvalue weighted by atomic mass is 32.2. The van der Waals surface area contributed by atoms with Crippen LogP contribution in [0.15, 0.2) is 23.2 Å². The summed E-state index contributed by atoms with van der Waals surface area (Å²) >= 11 is 1.34. The van der Waals surface area contributed by atoms with Crippen LogP contribution in [0.4, 0.5) is 11.4 Å². The van der Waals surface area contributed by atoms with Gasteiger partial charge in [0.25, 0.3) is 0 Å². The molecule has 1 aromatic carbocycles. The largest absolute Gasteiger partial charge is 0.324 e. The Morgan fingerprint density at radius 1 is 1.50 bits per heavy atom. The van der Waals surface area contributed by atoms with Gasteiger partial charge < -0.3 is 5.32 Å². The molecule has 0 aliphatic carbocycles. The van der Waals surface area contributed by atoms with Crippen molar-refractivity contribution in [3.8, 4) is 6.19 Å². The van der Waals surface area contributed by atoms with E-state index in [1.54, 1.807) is 0 Å². The molecule has 0 aliphatic heterocycles. The van der Waals surface area contributed by atoms with E-state index in [1.807, 2.05) is 44.5 Å². The van der Waals surface area contributed by atoms with Crippen molar-refractivity contribution >= 4 is 34.2 Å². The maximum atomic E-state index is 11.7. The van der Waals surface area contributed by atoms with Crippen molar-refractivity contribution in [3.05, 3.63) is 23.8 Å².